The maximum absolute atomic E-state index is 13.0. The maximum Gasteiger partial charge on any atom is 0.387 e. The zero-order valence-corrected chi connectivity index (χ0v) is 13.2. The number of hydrogen-bond acceptors (Lipinski definition) is 3. The number of nitrogens with one attached hydrogen (secondary N) is 1. The van der Waals surface area contributed by atoms with Gasteiger partial charge in [-0.05, 0) is 49.4 Å². The van der Waals surface area contributed by atoms with Crippen molar-refractivity contribution >= 4 is 23.2 Å². The number of alkyl halides is 2. The van der Waals surface area contributed by atoms with E-state index in [-0.39, 0.29) is 16.5 Å². The van der Waals surface area contributed by atoms with Gasteiger partial charge in [-0.25, -0.2) is 4.39 Å². The SMILES string of the molecule is CC(Oc1ccc(F)cc1Cl)C(=O)Nc1ccc(OC(F)F)cc1. The smallest absolute Gasteiger partial charge is 0.387 e. The second kappa shape index (κ2) is 7.92. The second-order valence-corrected chi connectivity index (χ2v) is 5.13. The minimum atomic E-state index is -2.92. The molecular formula is C16H13ClF3NO3. The number of carbonyl (C=O) groups is 1. The predicted octanol–water partition coefficient (Wildman–Crippen LogP) is 4.49. The van der Waals surface area contributed by atoms with Gasteiger partial charge in [0.25, 0.3) is 5.91 Å². The molecular weight excluding hydrogens is 347 g/mol. The first-order valence-corrected chi connectivity index (χ1v) is 7.20. The van der Waals surface area contributed by atoms with Crippen LogP contribution in [-0.2, 0) is 4.79 Å². The third-order valence-corrected chi connectivity index (χ3v) is 3.21. The average Bonchev–Trinajstić information content (AvgIpc) is 2.51. The molecule has 0 saturated heterocycles. The van der Waals surface area contributed by atoms with Crippen LogP contribution in [0, 0.1) is 5.82 Å². The van der Waals surface area contributed by atoms with E-state index >= 15 is 0 Å². The Hall–Kier alpha value is -2.41. The zero-order chi connectivity index (χ0) is 17.7. The number of carbonyl (C=O) groups excluding carboxylic acids is 1. The Balaban J connectivity index is 1.96. The molecule has 0 heterocycles. The van der Waals surface area contributed by atoms with Gasteiger partial charge in [0.15, 0.2) is 6.10 Å². The molecule has 0 bridgehead atoms. The summed E-state index contributed by atoms with van der Waals surface area (Å²) >= 11 is 5.83. The Morgan fingerprint density at radius 1 is 1.12 bits per heavy atom. The first-order valence-electron chi connectivity index (χ1n) is 6.82. The largest absolute Gasteiger partial charge is 0.479 e. The van der Waals surface area contributed by atoms with Crippen LogP contribution in [0.1, 0.15) is 6.92 Å². The fourth-order valence-corrected chi connectivity index (χ4v) is 1.99. The van der Waals surface area contributed by atoms with Crippen LogP contribution in [0.4, 0.5) is 18.9 Å². The minimum absolute atomic E-state index is 0.0228. The van der Waals surface area contributed by atoms with Crippen LogP contribution in [-0.4, -0.2) is 18.6 Å². The lowest BCUT2D eigenvalue weighted by Gasteiger charge is -2.16. The van der Waals surface area contributed by atoms with Gasteiger partial charge in [-0.3, -0.25) is 4.79 Å². The topological polar surface area (TPSA) is 47.6 Å². The highest BCUT2D eigenvalue weighted by Gasteiger charge is 2.17. The summed E-state index contributed by atoms with van der Waals surface area (Å²) in [5.74, 6) is -0.861. The van der Waals surface area contributed by atoms with Crippen LogP contribution < -0.4 is 14.8 Å². The summed E-state index contributed by atoms with van der Waals surface area (Å²) in [5.41, 5.74) is 0.377. The van der Waals surface area contributed by atoms with Crippen LogP contribution in [0.2, 0.25) is 5.02 Å². The molecule has 0 spiro atoms. The normalized spacial score (nSPS) is 11.9. The Morgan fingerprint density at radius 2 is 1.79 bits per heavy atom. The molecule has 1 atom stereocenters. The third kappa shape index (κ3) is 5.06. The lowest BCUT2D eigenvalue weighted by Crippen LogP contribution is -2.30. The number of halogens is 4. The first-order chi connectivity index (χ1) is 11.3. The van der Waals surface area contributed by atoms with Crippen molar-refractivity contribution in [3.8, 4) is 11.5 Å². The molecule has 0 fully saturated rings. The molecule has 2 rings (SSSR count). The van der Waals surface area contributed by atoms with E-state index in [1.165, 1.54) is 37.3 Å². The highest BCUT2D eigenvalue weighted by molar-refractivity contribution is 6.32. The van der Waals surface area contributed by atoms with Crippen LogP contribution in [0.15, 0.2) is 42.5 Å². The van der Waals surface area contributed by atoms with E-state index in [4.69, 9.17) is 16.3 Å². The van der Waals surface area contributed by atoms with Gasteiger partial charge in [0.05, 0.1) is 5.02 Å². The first kappa shape index (κ1) is 17.9. The van der Waals surface area contributed by atoms with E-state index in [0.717, 1.165) is 12.1 Å². The summed E-state index contributed by atoms with van der Waals surface area (Å²) in [6, 6.07) is 8.96. The number of ether oxygens (including phenoxy) is 2. The Labute approximate surface area is 141 Å². The van der Waals surface area contributed by atoms with Crippen molar-refractivity contribution in [2.75, 3.05) is 5.32 Å². The fraction of sp³-hybridized carbons (Fsp3) is 0.188. The molecule has 2 aromatic rings. The molecule has 1 amide bonds. The minimum Gasteiger partial charge on any atom is -0.479 e. The number of benzene rings is 2. The van der Waals surface area contributed by atoms with E-state index in [1.807, 2.05) is 0 Å². The molecule has 0 aromatic heterocycles. The van der Waals surface area contributed by atoms with E-state index in [0.29, 0.717) is 5.69 Å². The van der Waals surface area contributed by atoms with Gasteiger partial charge < -0.3 is 14.8 Å². The van der Waals surface area contributed by atoms with Crippen LogP contribution in [0.5, 0.6) is 11.5 Å². The van der Waals surface area contributed by atoms with Crippen molar-refractivity contribution in [1.82, 2.24) is 0 Å². The predicted molar refractivity (Wildman–Crippen MR) is 83.2 cm³/mol. The van der Waals surface area contributed by atoms with Gasteiger partial charge in [-0.1, -0.05) is 11.6 Å². The van der Waals surface area contributed by atoms with Crippen molar-refractivity contribution in [3.63, 3.8) is 0 Å². The molecule has 1 N–H and O–H groups in total. The molecule has 0 aliphatic heterocycles. The van der Waals surface area contributed by atoms with Crippen molar-refractivity contribution in [2.45, 2.75) is 19.6 Å². The van der Waals surface area contributed by atoms with Crippen LogP contribution >= 0.6 is 11.6 Å². The molecule has 8 heteroatoms. The van der Waals surface area contributed by atoms with Gasteiger partial charge in [-0.2, -0.15) is 8.78 Å². The standard InChI is InChI=1S/C16H13ClF3NO3/c1-9(23-14-7-2-10(18)8-13(14)17)15(22)21-11-3-5-12(6-4-11)24-16(19)20/h2-9,16H,1H3,(H,21,22). The quantitative estimate of drug-likeness (QED) is 0.826. The van der Waals surface area contributed by atoms with Gasteiger partial charge in [-0.15, -0.1) is 0 Å². The Morgan fingerprint density at radius 3 is 2.38 bits per heavy atom. The third-order valence-electron chi connectivity index (χ3n) is 2.91. The van der Waals surface area contributed by atoms with E-state index in [9.17, 15) is 18.0 Å². The highest BCUT2D eigenvalue weighted by Crippen LogP contribution is 2.26. The Kier molecular flexibility index (Phi) is 5.92. The number of amides is 1. The summed E-state index contributed by atoms with van der Waals surface area (Å²) in [4.78, 5) is 12.1. The number of hydrogen-bond donors (Lipinski definition) is 1. The van der Waals surface area contributed by atoms with Gasteiger partial charge >= 0.3 is 6.61 Å². The molecule has 2 aromatic carbocycles. The van der Waals surface area contributed by atoms with E-state index < -0.39 is 24.4 Å². The van der Waals surface area contributed by atoms with Crippen molar-refractivity contribution in [2.24, 2.45) is 0 Å². The summed E-state index contributed by atoms with van der Waals surface area (Å²) in [6.45, 7) is -1.43. The van der Waals surface area contributed by atoms with E-state index in [2.05, 4.69) is 10.1 Å². The second-order valence-electron chi connectivity index (χ2n) is 4.73. The highest BCUT2D eigenvalue weighted by atomic mass is 35.5. The molecule has 0 aliphatic carbocycles. The van der Waals surface area contributed by atoms with Gasteiger partial charge in [0.2, 0.25) is 0 Å². The van der Waals surface area contributed by atoms with Crippen molar-refractivity contribution < 1.29 is 27.4 Å². The molecule has 0 aliphatic rings. The van der Waals surface area contributed by atoms with Crippen LogP contribution in [0.3, 0.4) is 0 Å². The molecule has 128 valence electrons. The van der Waals surface area contributed by atoms with Gasteiger partial charge in [0, 0.05) is 5.69 Å². The monoisotopic (exact) mass is 359 g/mol. The molecule has 0 radical (unpaired) electrons. The summed E-state index contributed by atoms with van der Waals surface area (Å²) in [6.07, 6.45) is -0.912. The van der Waals surface area contributed by atoms with Crippen molar-refractivity contribution in [1.29, 1.82) is 0 Å². The molecule has 0 saturated carbocycles. The zero-order valence-electron chi connectivity index (χ0n) is 12.4. The molecule has 4 nitrogen and oxygen atoms in total. The number of anilines is 1. The lowest BCUT2D eigenvalue weighted by molar-refractivity contribution is -0.122. The summed E-state index contributed by atoms with van der Waals surface area (Å²) < 4.78 is 46.7. The maximum atomic E-state index is 13.0. The van der Waals surface area contributed by atoms with E-state index in [1.54, 1.807) is 0 Å². The van der Waals surface area contributed by atoms with Crippen LogP contribution in [0.25, 0.3) is 0 Å². The van der Waals surface area contributed by atoms with Crippen molar-refractivity contribution in [3.05, 3.63) is 53.3 Å². The summed E-state index contributed by atoms with van der Waals surface area (Å²) in [7, 11) is 0. The molecule has 24 heavy (non-hydrogen) atoms. The summed E-state index contributed by atoms with van der Waals surface area (Å²) in [5, 5.41) is 2.59. The Bertz CT molecular complexity index is 710. The average molecular weight is 360 g/mol. The fourth-order valence-electron chi connectivity index (χ4n) is 1.78. The lowest BCUT2D eigenvalue weighted by atomic mass is 10.2. The number of rotatable bonds is 6. The van der Waals surface area contributed by atoms with Gasteiger partial charge in [0.1, 0.15) is 17.3 Å². The molecule has 1 unspecified atom stereocenters.